The van der Waals surface area contributed by atoms with Gasteiger partial charge in [-0.25, -0.2) is 9.59 Å². The average Bonchev–Trinajstić information content (AvgIpc) is 3.40. The molecule has 2 aliphatic heterocycles. The molecule has 2 saturated heterocycles. The van der Waals surface area contributed by atoms with E-state index in [4.69, 9.17) is 19.8 Å². The number of nitrogens with zero attached hydrogens (tertiary/aromatic N) is 2. The molecule has 2 unspecified atom stereocenters. The van der Waals surface area contributed by atoms with Gasteiger partial charge in [0.1, 0.15) is 5.69 Å². The smallest absolute Gasteiger partial charge is 0.475 e. The largest absolute Gasteiger partial charge is 0.490 e. The molecule has 4 heterocycles. The van der Waals surface area contributed by atoms with Gasteiger partial charge in [0.05, 0.1) is 17.6 Å². The van der Waals surface area contributed by atoms with E-state index in [-0.39, 0.29) is 0 Å². The first kappa shape index (κ1) is 33.5. The van der Waals surface area contributed by atoms with Gasteiger partial charge in [0.2, 0.25) is 0 Å². The quantitative estimate of drug-likeness (QED) is 0.243. The van der Waals surface area contributed by atoms with Gasteiger partial charge in [0, 0.05) is 34.6 Å². The Balaban J connectivity index is 0.000000303. The molecular weight excluding hydrogens is 603 g/mol. The van der Waals surface area contributed by atoms with E-state index in [1.807, 2.05) is 18.3 Å². The zero-order valence-electron chi connectivity index (χ0n) is 22.1. The number of carboxylic acid groups (broad SMARTS) is 2. The molecule has 4 N–H and O–H groups in total. The predicted octanol–water partition coefficient (Wildman–Crippen LogP) is 6.55. The van der Waals surface area contributed by atoms with E-state index >= 15 is 0 Å². The maximum Gasteiger partial charge on any atom is 0.490 e. The van der Waals surface area contributed by atoms with Crippen molar-refractivity contribution in [2.45, 2.75) is 62.3 Å². The summed E-state index contributed by atoms with van der Waals surface area (Å²) in [4.78, 5) is 27.3. The molecule has 43 heavy (non-hydrogen) atoms. The Hall–Kier alpha value is -4.02. The van der Waals surface area contributed by atoms with Gasteiger partial charge in [-0.15, -0.1) is 0 Å². The Bertz CT molecular complexity index is 1380. The molecule has 8 nitrogen and oxygen atoms in total. The summed E-state index contributed by atoms with van der Waals surface area (Å²) in [5.41, 5.74) is 2.27. The Morgan fingerprint density at radius 1 is 0.884 bits per heavy atom. The van der Waals surface area contributed by atoms with E-state index in [1.165, 1.54) is 12.8 Å². The lowest BCUT2D eigenvalue weighted by molar-refractivity contribution is -0.193. The van der Waals surface area contributed by atoms with Crippen LogP contribution in [0.2, 0.25) is 0 Å². The SMILES string of the molecule is CN1C2CCC1CC(Nc1ccc(-c3ccc4[nH]c(C(F)(F)F)cc4c3)nc1)C2.O=C(O)C(F)(F)F.O=C(O)C(F)(F)F. The Morgan fingerprint density at radius 3 is 1.86 bits per heavy atom. The van der Waals surface area contributed by atoms with E-state index in [0.717, 1.165) is 35.9 Å². The monoisotopic (exact) mass is 628 g/mol. The van der Waals surface area contributed by atoms with Crippen LogP contribution in [0.3, 0.4) is 0 Å². The van der Waals surface area contributed by atoms with Crippen LogP contribution in [0.25, 0.3) is 22.2 Å². The number of carboxylic acids is 2. The highest BCUT2D eigenvalue weighted by Crippen LogP contribution is 2.36. The predicted molar refractivity (Wildman–Crippen MR) is 135 cm³/mol. The van der Waals surface area contributed by atoms with Crippen LogP contribution in [-0.2, 0) is 15.8 Å². The van der Waals surface area contributed by atoms with Crippen LogP contribution in [0.5, 0.6) is 0 Å². The van der Waals surface area contributed by atoms with E-state index in [0.29, 0.717) is 29.0 Å². The lowest BCUT2D eigenvalue weighted by Gasteiger charge is -2.37. The molecule has 2 aromatic heterocycles. The first-order chi connectivity index (χ1) is 19.8. The maximum atomic E-state index is 12.9. The topological polar surface area (TPSA) is 119 Å². The van der Waals surface area contributed by atoms with Crippen molar-refractivity contribution < 1.29 is 59.3 Å². The molecule has 0 spiro atoms. The molecule has 0 radical (unpaired) electrons. The third-order valence-electron chi connectivity index (χ3n) is 6.94. The summed E-state index contributed by atoms with van der Waals surface area (Å²) in [6, 6.07) is 12.1. The molecule has 3 aromatic rings. The molecule has 0 amide bonds. The van der Waals surface area contributed by atoms with Crippen molar-refractivity contribution in [2.75, 3.05) is 12.4 Å². The minimum Gasteiger partial charge on any atom is -0.475 e. The number of rotatable bonds is 3. The molecule has 2 bridgehead atoms. The molecule has 17 heteroatoms. The zero-order chi connectivity index (χ0) is 32.3. The van der Waals surface area contributed by atoms with Crippen molar-refractivity contribution in [1.29, 1.82) is 0 Å². The van der Waals surface area contributed by atoms with Crippen LogP contribution in [-0.4, -0.2) is 74.5 Å². The van der Waals surface area contributed by atoms with Crippen LogP contribution in [0, 0.1) is 0 Å². The fraction of sp³-hybridized carbons (Fsp3) is 0.423. The molecule has 0 saturated carbocycles. The van der Waals surface area contributed by atoms with E-state index in [9.17, 15) is 39.5 Å². The highest BCUT2D eigenvalue weighted by molar-refractivity contribution is 5.85. The number of hydrogen-bond acceptors (Lipinski definition) is 5. The molecule has 236 valence electrons. The van der Waals surface area contributed by atoms with Gasteiger partial charge in [0.15, 0.2) is 0 Å². The summed E-state index contributed by atoms with van der Waals surface area (Å²) in [7, 11) is 2.23. The summed E-state index contributed by atoms with van der Waals surface area (Å²) in [5, 5.41) is 18.4. The number of alkyl halides is 9. The van der Waals surface area contributed by atoms with Crippen molar-refractivity contribution in [3.63, 3.8) is 0 Å². The van der Waals surface area contributed by atoms with Gasteiger partial charge in [-0.2, -0.15) is 39.5 Å². The Labute approximate surface area is 237 Å². The first-order valence-corrected chi connectivity index (χ1v) is 12.5. The van der Waals surface area contributed by atoms with Gasteiger partial charge >= 0.3 is 30.5 Å². The molecule has 0 aliphatic carbocycles. The van der Waals surface area contributed by atoms with Crippen molar-refractivity contribution in [1.82, 2.24) is 14.9 Å². The van der Waals surface area contributed by atoms with Crippen LogP contribution in [0.4, 0.5) is 45.2 Å². The first-order valence-electron chi connectivity index (χ1n) is 12.5. The summed E-state index contributed by atoms with van der Waals surface area (Å²) in [6.45, 7) is 0. The summed E-state index contributed by atoms with van der Waals surface area (Å²) < 4.78 is 102. The van der Waals surface area contributed by atoms with Crippen LogP contribution >= 0.6 is 0 Å². The number of piperidine rings is 1. The molecule has 1 aromatic carbocycles. The number of benzene rings is 1. The number of aromatic nitrogens is 2. The minimum atomic E-state index is -5.08. The second-order valence-electron chi connectivity index (χ2n) is 9.88. The number of pyridine rings is 1. The normalized spacial score (nSPS) is 20.5. The maximum absolute atomic E-state index is 12.9. The second kappa shape index (κ2) is 12.7. The molecule has 2 fully saturated rings. The number of H-pyrrole nitrogens is 1. The van der Waals surface area contributed by atoms with Crippen molar-refractivity contribution in [2.24, 2.45) is 0 Å². The lowest BCUT2D eigenvalue weighted by atomic mass is 9.98. The Kier molecular flexibility index (Phi) is 9.88. The van der Waals surface area contributed by atoms with E-state index < -0.39 is 36.2 Å². The fourth-order valence-electron chi connectivity index (χ4n) is 4.86. The number of fused-ring (bicyclic) bond motifs is 3. The molecular formula is C26H25F9N4O4. The van der Waals surface area contributed by atoms with Gasteiger partial charge in [0.25, 0.3) is 0 Å². The number of aliphatic carboxylic acids is 2. The summed E-state index contributed by atoms with van der Waals surface area (Å²) >= 11 is 0. The van der Waals surface area contributed by atoms with Gasteiger partial charge in [-0.3, -0.25) is 4.98 Å². The third-order valence-corrected chi connectivity index (χ3v) is 6.94. The number of aromatic amines is 1. The highest BCUT2D eigenvalue weighted by Gasteiger charge is 2.39. The molecule has 2 aliphatic rings. The van der Waals surface area contributed by atoms with Gasteiger partial charge in [-0.05, 0) is 63.1 Å². The average molecular weight is 628 g/mol. The van der Waals surface area contributed by atoms with Gasteiger partial charge in [-0.1, -0.05) is 6.07 Å². The Morgan fingerprint density at radius 2 is 1.42 bits per heavy atom. The van der Waals surface area contributed by atoms with E-state index in [2.05, 4.69) is 27.2 Å². The second-order valence-corrected chi connectivity index (χ2v) is 9.88. The zero-order valence-corrected chi connectivity index (χ0v) is 22.1. The van der Waals surface area contributed by atoms with Crippen LogP contribution in [0.1, 0.15) is 31.4 Å². The molecule has 5 rings (SSSR count). The van der Waals surface area contributed by atoms with Crippen molar-refractivity contribution >= 4 is 28.5 Å². The fourth-order valence-corrected chi connectivity index (χ4v) is 4.86. The van der Waals surface area contributed by atoms with E-state index in [1.54, 1.807) is 18.2 Å². The third kappa shape index (κ3) is 8.98. The summed E-state index contributed by atoms with van der Waals surface area (Å²) in [6.07, 6.45) is -7.85. The van der Waals surface area contributed by atoms with Crippen LogP contribution in [0.15, 0.2) is 42.6 Å². The standard InChI is InChI=1S/C22H23F3N4.2C2HF3O2/c1-29-17-4-5-18(29)11-16(10-17)27-15-3-7-19(26-12-15)13-2-6-20-14(8-13)9-21(28-20)22(23,24)25;2*3-2(4,5)1(6)7/h2-3,6-9,12,16-18,27-28H,4-5,10-11H2,1H3;2*(H,6,7). The van der Waals surface area contributed by atoms with Crippen molar-refractivity contribution in [3.8, 4) is 11.3 Å². The number of halogens is 9. The highest BCUT2D eigenvalue weighted by atomic mass is 19.4. The number of nitrogens with one attached hydrogen (secondary N) is 2. The molecule has 2 atom stereocenters. The number of carbonyl (C=O) groups is 2. The number of anilines is 1. The summed E-state index contributed by atoms with van der Waals surface area (Å²) in [5.74, 6) is -5.51. The van der Waals surface area contributed by atoms with Gasteiger partial charge < -0.3 is 25.4 Å². The minimum absolute atomic E-state index is 0.466. The van der Waals surface area contributed by atoms with Crippen molar-refractivity contribution in [3.05, 3.63) is 48.3 Å². The lowest BCUT2D eigenvalue weighted by Crippen LogP contribution is -2.44. The number of hydrogen-bond donors (Lipinski definition) is 4. The van der Waals surface area contributed by atoms with Crippen LogP contribution < -0.4 is 5.32 Å².